The fourth-order valence-electron chi connectivity index (χ4n) is 1.25. The van der Waals surface area contributed by atoms with Crippen molar-refractivity contribution in [2.75, 3.05) is 0 Å². The molecule has 0 heterocycles. The van der Waals surface area contributed by atoms with E-state index in [1.54, 1.807) is 6.92 Å². The van der Waals surface area contributed by atoms with Crippen molar-refractivity contribution in [2.24, 2.45) is 0 Å². The van der Waals surface area contributed by atoms with Gasteiger partial charge in [-0.3, -0.25) is 10.1 Å². The average Bonchev–Trinajstić information content (AvgIpc) is 2.04. The van der Waals surface area contributed by atoms with Gasteiger partial charge in [-0.05, 0) is 12.5 Å². The number of nitro groups is 1. The van der Waals surface area contributed by atoms with Crippen molar-refractivity contribution in [3.05, 3.63) is 45.5 Å². The van der Waals surface area contributed by atoms with E-state index in [1.165, 1.54) is 0 Å². The lowest BCUT2D eigenvalue weighted by atomic mass is 10.1. The van der Waals surface area contributed by atoms with Crippen LogP contribution in [0.4, 0.5) is 0 Å². The molecule has 1 aromatic carbocycles. The van der Waals surface area contributed by atoms with Crippen LogP contribution in [0, 0.1) is 17.0 Å². The highest BCUT2D eigenvalue weighted by molar-refractivity contribution is 5.22. The molecule has 1 atom stereocenters. The summed E-state index contributed by atoms with van der Waals surface area (Å²) in [5.74, 6) is 0. The van der Waals surface area contributed by atoms with Crippen molar-refractivity contribution in [3.63, 3.8) is 0 Å². The third-order valence-corrected chi connectivity index (χ3v) is 1.97. The van der Waals surface area contributed by atoms with Crippen LogP contribution in [-0.4, -0.2) is 11.0 Å². The Kier molecular flexibility index (Phi) is 3.01. The maximum atomic E-state index is 10.4. The normalized spacial score (nSPS) is 12.5. The minimum absolute atomic E-state index is 0.248. The van der Waals surface area contributed by atoms with Gasteiger partial charge in [-0.15, -0.1) is 0 Å². The zero-order chi connectivity index (χ0) is 9.84. The Labute approximate surface area is 77.5 Å². The number of hydrogen-bond donors (Lipinski definition) is 0. The van der Waals surface area contributed by atoms with Gasteiger partial charge in [0.15, 0.2) is 0 Å². The molecule has 0 saturated carbocycles. The summed E-state index contributed by atoms with van der Waals surface area (Å²) >= 11 is 0. The Balaban J connectivity index is 2.69. The van der Waals surface area contributed by atoms with E-state index in [-0.39, 0.29) is 4.92 Å². The molecule has 3 nitrogen and oxygen atoms in total. The van der Waals surface area contributed by atoms with E-state index in [9.17, 15) is 10.1 Å². The molecule has 0 aliphatic carbocycles. The van der Waals surface area contributed by atoms with Gasteiger partial charge < -0.3 is 0 Å². The van der Waals surface area contributed by atoms with Crippen LogP contribution in [-0.2, 0) is 6.42 Å². The molecular formula is C10H13NO2. The van der Waals surface area contributed by atoms with Gasteiger partial charge >= 0.3 is 0 Å². The van der Waals surface area contributed by atoms with Gasteiger partial charge in [0.05, 0.1) is 0 Å². The lowest BCUT2D eigenvalue weighted by Crippen LogP contribution is -2.17. The van der Waals surface area contributed by atoms with Crippen molar-refractivity contribution < 1.29 is 4.92 Å². The molecule has 0 fully saturated rings. The van der Waals surface area contributed by atoms with Crippen molar-refractivity contribution in [2.45, 2.75) is 26.3 Å². The molecule has 70 valence electrons. The maximum absolute atomic E-state index is 10.4. The quantitative estimate of drug-likeness (QED) is 0.527. The summed E-state index contributed by atoms with van der Waals surface area (Å²) in [6, 6.07) is 7.33. The summed E-state index contributed by atoms with van der Waals surface area (Å²) < 4.78 is 0. The fraction of sp³-hybridized carbons (Fsp3) is 0.400. The molecule has 0 spiro atoms. The van der Waals surface area contributed by atoms with Gasteiger partial charge in [-0.2, -0.15) is 0 Å². The number of benzene rings is 1. The smallest absolute Gasteiger partial charge is 0.214 e. The first-order valence-corrected chi connectivity index (χ1v) is 4.28. The first-order chi connectivity index (χ1) is 6.09. The van der Waals surface area contributed by atoms with E-state index < -0.39 is 6.04 Å². The number of rotatable bonds is 3. The molecule has 0 aromatic heterocycles. The Morgan fingerprint density at radius 3 is 2.77 bits per heavy atom. The van der Waals surface area contributed by atoms with Crippen molar-refractivity contribution in [1.82, 2.24) is 0 Å². The highest BCUT2D eigenvalue weighted by Gasteiger charge is 2.12. The first kappa shape index (κ1) is 9.71. The van der Waals surface area contributed by atoms with Crippen LogP contribution in [0.1, 0.15) is 18.1 Å². The Morgan fingerprint density at radius 1 is 1.54 bits per heavy atom. The van der Waals surface area contributed by atoms with Crippen LogP contribution < -0.4 is 0 Å². The highest BCUT2D eigenvalue weighted by Crippen LogP contribution is 2.07. The topological polar surface area (TPSA) is 43.1 Å². The summed E-state index contributed by atoms with van der Waals surface area (Å²) in [5, 5.41) is 10.4. The number of nitrogens with zero attached hydrogens (tertiary/aromatic N) is 1. The highest BCUT2D eigenvalue weighted by atomic mass is 16.6. The lowest BCUT2D eigenvalue weighted by Gasteiger charge is -2.04. The minimum atomic E-state index is -0.498. The minimum Gasteiger partial charge on any atom is -0.264 e. The zero-order valence-corrected chi connectivity index (χ0v) is 7.86. The molecule has 0 aliphatic heterocycles. The van der Waals surface area contributed by atoms with Gasteiger partial charge in [0.2, 0.25) is 6.04 Å². The molecule has 13 heavy (non-hydrogen) atoms. The monoisotopic (exact) mass is 179 g/mol. The lowest BCUT2D eigenvalue weighted by molar-refractivity contribution is -0.517. The van der Waals surface area contributed by atoms with Crippen LogP contribution in [0.5, 0.6) is 0 Å². The molecular weight excluding hydrogens is 166 g/mol. The molecule has 1 rings (SSSR count). The van der Waals surface area contributed by atoms with E-state index in [4.69, 9.17) is 0 Å². The first-order valence-electron chi connectivity index (χ1n) is 4.28. The summed E-state index contributed by atoms with van der Waals surface area (Å²) in [4.78, 5) is 10.1. The van der Waals surface area contributed by atoms with Crippen LogP contribution in [0.3, 0.4) is 0 Å². The van der Waals surface area contributed by atoms with Crippen LogP contribution in [0.25, 0.3) is 0 Å². The predicted molar refractivity (Wildman–Crippen MR) is 51.3 cm³/mol. The Morgan fingerprint density at radius 2 is 2.23 bits per heavy atom. The molecule has 0 radical (unpaired) electrons. The Hall–Kier alpha value is -1.38. The largest absolute Gasteiger partial charge is 0.264 e. The standard InChI is InChI=1S/C10H13NO2/c1-8-4-3-5-10(6-8)7-9(2)11(12)13/h3-6,9H,7H2,1-2H3. The summed E-state index contributed by atoms with van der Waals surface area (Å²) in [6.45, 7) is 3.61. The van der Waals surface area contributed by atoms with E-state index in [0.717, 1.165) is 11.1 Å². The average molecular weight is 179 g/mol. The predicted octanol–water partition coefficient (Wildman–Crippen LogP) is 2.20. The molecule has 3 heteroatoms. The van der Waals surface area contributed by atoms with Gasteiger partial charge in [0.1, 0.15) is 0 Å². The van der Waals surface area contributed by atoms with Crippen LogP contribution in [0.2, 0.25) is 0 Å². The van der Waals surface area contributed by atoms with Gasteiger partial charge in [0, 0.05) is 18.3 Å². The number of hydrogen-bond acceptors (Lipinski definition) is 2. The van der Waals surface area contributed by atoms with E-state index in [0.29, 0.717) is 6.42 Å². The van der Waals surface area contributed by atoms with E-state index in [2.05, 4.69) is 0 Å². The summed E-state index contributed by atoms with van der Waals surface area (Å²) in [5.41, 5.74) is 2.18. The zero-order valence-electron chi connectivity index (χ0n) is 7.86. The molecule has 1 unspecified atom stereocenters. The summed E-state index contributed by atoms with van der Waals surface area (Å²) in [7, 11) is 0. The van der Waals surface area contributed by atoms with Gasteiger partial charge in [-0.1, -0.05) is 29.8 Å². The number of aryl methyl sites for hydroxylation is 1. The molecule has 0 aliphatic rings. The molecule has 1 aromatic rings. The second-order valence-corrected chi connectivity index (χ2v) is 3.33. The fourth-order valence-corrected chi connectivity index (χ4v) is 1.25. The molecule has 0 saturated heterocycles. The maximum Gasteiger partial charge on any atom is 0.214 e. The third-order valence-electron chi connectivity index (χ3n) is 1.97. The Bertz CT molecular complexity index is 310. The van der Waals surface area contributed by atoms with Crippen molar-refractivity contribution in [1.29, 1.82) is 0 Å². The van der Waals surface area contributed by atoms with Crippen molar-refractivity contribution >= 4 is 0 Å². The molecule has 0 amide bonds. The molecule has 0 bridgehead atoms. The van der Waals surface area contributed by atoms with Gasteiger partial charge in [-0.25, -0.2) is 0 Å². The molecule has 0 N–H and O–H groups in total. The SMILES string of the molecule is Cc1cccc(CC(C)[N+](=O)[O-])c1. The van der Waals surface area contributed by atoms with E-state index >= 15 is 0 Å². The second-order valence-electron chi connectivity index (χ2n) is 3.33. The van der Waals surface area contributed by atoms with Crippen molar-refractivity contribution in [3.8, 4) is 0 Å². The van der Waals surface area contributed by atoms with Crippen LogP contribution >= 0.6 is 0 Å². The van der Waals surface area contributed by atoms with Crippen LogP contribution in [0.15, 0.2) is 24.3 Å². The third kappa shape index (κ3) is 2.86. The van der Waals surface area contributed by atoms with E-state index in [1.807, 2.05) is 31.2 Å². The van der Waals surface area contributed by atoms with Gasteiger partial charge in [0.25, 0.3) is 0 Å². The summed E-state index contributed by atoms with van der Waals surface area (Å²) in [6.07, 6.45) is 0.509. The second kappa shape index (κ2) is 4.03.